The molecule has 0 saturated heterocycles. The van der Waals surface area contributed by atoms with Gasteiger partial charge < -0.3 is 4.90 Å². The Labute approximate surface area is 86.8 Å². The van der Waals surface area contributed by atoms with Gasteiger partial charge in [0.25, 0.3) is 0 Å². The van der Waals surface area contributed by atoms with E-state index in [0.717, 1.165) is 10.7 Å². The van der Waals surface area contributed by atoms with E-state index in [4.69, 9.17) is 16.8 Å². The first-order valence-corrected chi connectivity index (χ1v) is 4.61. The molecule has 0 saturated carbocycles. The zero-order chi connectivity index (χ0) is 9.97. The van der Waals surface area contributed by atoms with Crippen LogP contribution in [0.1, 0.15) is 0 Å². The topological polar surface area (TPSA) is 47.9 Å². The predicted octanol–water partition coefficient (Wildman–Crippen LogP) is 1.49. The fourth-order valence-corrected chi connectivity index (χ4v) is 1.47. The Bertz CT molecular complexity index is 350. The quantitative estimate of drug-likeness (QED) is 0.692. The van der Waals surface area contributed by atoms with Gasteiger partial charge in [0, 0.05) is 10.7 Å². The molecule has 0 radical (unpaired) electrons. The summed E-state index contributed by atoms with van der Waals surface area (Å²) < 4.78 is 0. The molecule has 0 aliphatic carbocycles. The lowest BCUT2D eigenvalue weighted by atomic mass is 10.3. The Hall–Kier alpha value is -1.26. The van der Waals surface area contributed by atoms with E-state index in [1.54, 1.807) is 0 Å². The summed E-state index contributed by atoms with van der Waals surface area (Å²) in [5.74, 6) is 0.583. The third kappa shape index (κ3) is 1.81. The first-order chi connectivity index (χ1) is 6.79. The van der Waals surface area contributed by atoms with E-state index in [9.17, 15) is 0 Å². The number of hydroxylamine groups is 1. The number of rotatable bonds is 1. The van der Waals surface area contributed by atoms with Crippen LogP contribution in [0.5, 0.6) is 0 Å². The van der Waals surface area contributed by atoms with E-state index in [1.807, 2.05) is 29.2 Å². The Morgan fingerprint density at radius 1 is 1.36 bits per heavy atom. The average Bonchev–Trinajstić information content (AvgIpc) is 2.67. The van der Waals surface area contributed by atoms with Crippen LogP contribution in [0.2, 0.25) is 5.02 Å². The molecule has 1 aliphatic heterocycles. The van der Waals surface area contributed by atoms with Gasteiger partial charge in [-0.2, -0.15) is 0 Å². The molecule has 1 aromatic carbocycles. The zero-order valence-corrected chi connectivity index (χ0v) is 8.20. The molecule has 74 valence electrons. The SMILES string of the molecule is ONC1=NCN(c2ccc(Cl)cc2)C1. The number of benzene rings is 1. The number of anilines is 1. The highest BCUT2D eigenvalue weighted by atomic mass is 35.5. The molecule has 0 spiro atoms. The van der Waals surface area contributed by atoms with Crippen molar-refractivity contribution in [1.29, 1.82) is 0 Å². The van der Waals surface area contributed by atoms with Gasteiger partial charge in [0.2, 0.25) is 0 Å². The summed E-state index contributed by atoms with van der Waals surface area (Å²) in [5.41, 5.74) is 3.10. The lowest BCUT2D eigenvalue weighted by Crippen LogP contribution is -2.28. The summed E-state index contributed by atoms with van der Waals surface area (Å²) in [6.45, 7) is 1.16. The van der Waals surface area contributed by atoms with Crippen LogP contribution in [-0.2, 0) is 0 Å². The molecule has 0 bridgehead atoms. The summed E-state index contributed by atoms with van der Waals surface area (Å²) in [6.07, 6.45) is 0. The second-order valence-corrected chi connectivity index (χ2v) is 3.47. The highest BCUT2D eigenvalue weighted by Gasteiger charge is 2.14. The van der Waals surface area contributed by atoms with E-state index in [-0.39, 0.29) is 0 Å². The lowest BCUT2D eigenvalue weighted by molar-refractivity contribution is 0.233. The monoisotopic (exact) mass is 211 g/mol. The van der Waals surface area contributed by atoms with Crippen molar-refractivity contribution in [3.8, 4) is 0 Å². The third-order valence-corrected chi connectivity index (χ3v) is 2.35. The van der Waals surface area contributed by atoms with Gasteiger partial charge >= 0.3 is 0 Å². The number of hydrogen-bond donors (Lipinski definition) is 2. The van der Waals surface area contributed by atoms with Gasteiger partial charge in [0.15, 0.2) is 0 Å². The minimum atomic E-state index is 0.560. The molecule has 1 aromatic rings. The molecular formula is C9H10ClN3O. The molecule has 0 fully saturated rings. The van der Waals surface area contributed by atoms with Gasteiger partial charge in [0.1, 0.15) is 12.5 Å². The smallest absolute Gasteiger partial charge is 0.142 e. The maximum atomic E-state index is 8.65. The van der Waals surface area contributed by atoms with Crippen LogP contribution in [0.15, 0.2) is 29.3 Å². The number of nitrogens with one attached hydrogen (secondary N) is 1. The molecule has 0 unspecified atom stereocenters. The van der Waals surface area contributed by atoms with E-state index in [2.05, 4.69) is 10.5 Å². The molecule has 0 aromatic heterocycles. The Morgan fingerprint density at radius 2 is 2.07 bits per heavy atom. The summed E-state index contributed by atoms with van der Waals surface area (Å²) in [6, 6.07) is 7.53. The first kappa shape index (κ1) is 9.30. The van der Waals surface area contributed by atoms with Crippen LogP contribution in [0, 0.1) is 0 Å². The van der Waals surface area contributed by atoms with Crippen LogP contribution >= 0.6 is 11.6 Å². The molecule has 5 heteroatoms. The standard InChI is InChI=1S/C9H10ClN3O/c10-7-1-3-8(4-2-7)13-5-9(12-14)11-6-13/h1-4,14H,5-6H2,(H,11,12). The van der Waals surface area contributed by atoms with Gasteiger partial charge in [-0.1, -0.05) is 11.6 Å². The van der Waals surface area contributed by atoms with Crippen LogP contribution < -0.4 is 10.4 Å². The normalized spacial score (nSPS) is 15.6. The second kappa shape index (κ2) is 3.86. The molecule has 0 atom stereocenters. The van der Waals surface area contributed by atoms with E-state index >= 15 is 0 Å². The van der Waals surface area contributed by atoms with Crippen LogP contribution in [0.3, 0.4) is 0 Å². The van der Waals surface area contributed by atoms with Crippen molar-refractivity contribution in [2.24, 2.45) is 4.99 Å². The van der Waals surface area contributed by atoms with Crippen LogP contribution in [0.4, 0.5) is 5.69 Å². The summed E-state index contributed by atoms with van der Waals surface area (Å²) in [5, 5.41) is 9.36. The Kier molecular flexibility index (Phi) is 2.56. The molecule has 14 heavy (non-hydrogen) atoms. The van der Waals surface area contributed by atoms with Crippen molar-refractivity contribution in [2.45, 2.75) is 0 Å². The third-order valence-electron chi connectivity index (χ3n) is 2.09. The van der Waals surface area contributed by atoms with Crippen molar-refractivity contribution in [3.05, 3.63) is 29.3 Å². The van der Waals surface area contributed by atoms with Gasteiger partial charge in [-0.25, -0.2) is 4.99 Å². The molecule has 0 amide bonds. The second-order valence-electron chi connectivity index (χ2n) is 3.03. The maximum absolute atomic E-state index is 8.65. The van der Waals surface area contributed by atoms with Gasteiger partial charge in [0.05, 0.1) is 6.54 Å². The largest absolute Gasteiger partial charge is 0.345 e. The number of hydrogen-bond acceptors (Lipinski definition) is 4. The van der Waals surface area contributed by atoms with Crippen molar-refractivity contribution >= 4 is 23.1 Å². The minimum Gasteiger partial charge on any atom is -0.345 e. The summed E-state index contributed by atoms with van der Waals surface area (Å²) in [4.78, 5) is 6.11. The number of nitrogens with zero attached hydrogens (tertiary/aromatic N) is 2. The Morgan fingerprint density at radius 3 is 2.64 bits per heavy atom. The number of amidine groups is 1. The lowest BCUT2D eigenvalue weighted by Gasteiger charge is -2.16. The average molecular weight is 212 g/mol. The fourth-order valence-electron chi connectivity index (χ4n) is 1.35. The number of halogens is 1. The molecule has 4 nitrogen and oxygen atoms in total. The predicted molar refractivity (Wildman–Crippen MR) is 56.0 cm³/mol. The molecule has 1 heterocycles. The summed E-state index contributed by atoms with van der Waals surface area (Å²) in [7, 11) is 0. The zero-order valence-electron chi connectivity index (χ0n) is 7.44. The number of aliphatic imine (C=N–C) groups is 1. The van der Waals surface area contributed by atoms with Crippen molar-refractivity contribution < 1.29 is 5.21 Å². The van der Waals surface area contributed by atoms with Crippen molar-refractivity contribution in [1.82, 2.24) is 5.48 Å². The van der Waals surface area contributed by atoms with Crippen LogP contribution in [-0.4, -0.2) is 24.3 Å². The minimum absolute atomic E-state index is 0.560. The molecule has 2 rings (SSSR count). The van der Waals surface area contributed by atoms with Gasteiger partial charge in [-0.15, -0.1) is 0 Å². The van der Waals surface area contributed by atoms with Crippen molar-refractivity contribution in [2.75, 3.05) is 18.1 Å². The van der Waals surface area contributed by atoms with E-state index in [1.165, 1.54) is 0 Å². The first-order valence-electron chi connectivity index (χ1n) is 4.23. The Balaban J connectivity index is 2.08. The molecule has 2 N–H and O–H groups in total. The highest BCUT2D eigenvalue weighted by molar-refractivity contribution is 6.30. The fraction of sp³-hybridized carbons (Fsp3) is 0.222. The molecule has 1 aliphatic rings. The van der Waals surface area contributed by atoms with Crippen LogP contribution in [0.25, 0.3) is 0 Å². The van der Waals surface area contributed by atoms with E-state index < -0.39 is 0 Å². The van der Waals surface area contributed by atoms with E-state index in [0.29, 0.717) is 19.0 Å². The summed E-state index contributed by atoms with van der Waals surface area (Å²) >= 11 is 5.77. The van der Waals surface area contributed by atoms with Crippen molar-refractivity contribution in [3.63, 3.8) is 0 Å². The van der Waals surface area contributed by atoms with Gasteiger partial charge in [-0.05, 0) is 24.3 Å². The maximum Gasteiger partial charge on any atom is 0.142 e. The highest BCUT2D eigenvalue weighted by Crippen LogP contribution is 2.19. The van der Waals surface area contributed by atoms with Gasteiger partial charge in [-0.3, -0.25) is 10.7 Å². The molecular weight excluding hydrogens is 202 g/mol.